The lowest BCUT2D eigenvalue weighted by Crippen LogP contribution is -2.63. The summed E-state index contributed by atoms with van der Waals surface area (Å²) >= 11 is 0. The van der Waals surface area contributed by atoms with Crippen LogP contribution in [0.25, 0.3) is 0 Å². The number of rotatable bonds is 10. The summed E-state index contributed by atoms with van der Waals surface area (Å²) in [6.07, 6.45) is -30.3. The zero-order valence-corrected chi connectivity index (χ0v) is 28.7. The number of phenolic OH excluding ortho intramolecular Hbond substituents is 4. The number of Topliss-reactive ketones (excluding diaryl/α,β-unsaturated/α-hetero) is 1. The number of hydrogen-bond donors (Lipinski definition) is 15. The van der Waals surface area contributed by atoms with E-state index in [0.717, 1.165) is 24.3 Å². The molecule has 2 aromatic rings. The summed E-state index contributed by atoms with van der Waals surface area (Å²) in [6.45, 7) is -2.20. The molecule has 6 rings (SSSR count). The van der Waals surface area contributed by atoms with Crippen molar-refractivity contribution in [3.05, 3.63) is 35.4 Å². The van der Waals surface area contributed by atoms with Crippen molar-refractivity contribution < 1.29 is 115 Å². The number of hydrogen-bond acceptors (Lipinski definition) is 23. The number of ketones is 1. The fourth-order valence-electron chi connectivity index (χ4n) is 6.61. The second kappa shape index (κ2) is 16.6. The highest BCUT2D eigenvalue weighted by molar-refractivity contribution is 6.05. The molecule has 312 valence electrons. The third-order valence-corrected chi connectivity index (χ3v) is 9.79. The first-order valence-corrected chi connectivity index (χ1v) is 17.0. The van der Waals surface area contributed by atoms with Gasteiger partial charge in [0.1, 0.15) is 96.1 Å². The Hall–Kier alpha value is -3.73. The molecule has 0 aromatic heterocycles. The van der Waals surface area contributed by atoms with Crippen molar-refractivity contribution in [1.29, 1.82) is 0 Å². The van der Waals surface area contributed by atoms with E-state index >= 15 is 0 Å². The maximum absolute atomic E-state index is 12.8. The third-order valence-electron chi connectivity index (χ3n) is 9.79. The SMILES string of the molecule is O=C1c2c(O)cc(O)cc2O[C@H](c2cc(O)c(O[C@@H]3O[C@@H](CO[C@@H]4O[C@@H](CO[C@@H]5O[C@@H](CO)[C@H](O)[C@@H](O)[C@@H]5O)[C@H](O)[C@@H](O)[C@@H]4O)[C@H](O)[C@@H](O)[C@@H]3O)c(O)c2)[C@H]1O. The zero-order valence-electron chi connectivity index (χ0n) is 28.7. The van der Waals surface area contributed by atoms with E-state index in [4.69, 9.17) is 33.2 Å². The molecule has 2 aromatic carbocycles. The van der Waals surface area contributed by atoms with Crippen LogP contribution in [0.15, 0.2) is 24.3 Å². The standard InChI is InChI=1S/C33H42O23/c34-5-14-18(39)22(43)26(47)31(53-14)50-6-15-19(40)23(44)27(48)32(54-15)51-7-16-20(41)24(45)28(49)33(55-16)56-30-11(37)1-8(2-12(30)38)29-25(46)21(42)17-10(36)3-9(35)4-13(17)52-29/h1-4,14-16,18-20,22-29,31-41,43-49H,5-7H2/t14-,15-,16-,18-,19-,20-,22+,23+,24+,25-,26-,27-,28-,29+,31+,32+,33-/m0/s1. The Balaban J connectivity index is 1.11. The van der Waals surface area contributed by atoms with E-state index in [0.29, 0.717) is 0 Å². The summed E-state index contributed by atoms with van der Waals surface area (Å²) in [5, 5.41) is 155. The van der Waals surface area contributed by atoms with Crippen molar-refractivity contribution in [1.82, 2.24) is 0 Å². The van der Waals surface area contributed by atoms with E-state index in [9.17, 15) is 81.4 Å². The minimum Gasteiger partial charge on any atom is -0.508 e. The highest BCUT2D eigenvalue weighted by Crippen LogP contribution is 2.46. The summed E-state index contributed by atoms with van der Waals surface area (Å²) in [5.41, 5.74) is -0.606. The van der Waals surface area contributed by atoms with Crippen molar-refractivity contribution >= 4 is 5.78 Å². The van der Waals surface area contributed by atoms with Crippen LogP contribution in [0.5, 0.6) is 34.5 Å². The Morgan fingerprint density at radius 3 is 1.54 bits per heavy atom. The molecule has 4 aliphatic heterocycles. The quantitative estimate of drug-likeness (QED) is 0.106. The van der Waals surface area contributed by atoms with E-state index < -0.39 is 164 Å². The third kappa shape index (κ3) is 7.90. The van der Waals surface area contributed by atoms with Crippen LogP contribution in [0.1, 0.15) is 22.0 Å². The second-order valence-corrected chi connectivity index (χ2v) is 13.6. The number of fused-ring (bicyclic) bond motifs is 1. The molecule has 3 fully saturated rings. The fourth-order valence-corrected chi connectivity index (χ4v) is 6.61. The monoisotopic (exact) mass is 806 g/mol. The lowest BCUT2D eigenvalue weighted by Gasteiger charge is -2.43. The molecule has 23 nitrogen and oxygen atoms in total. The molecule has 0 unspecified atom stereocenters. The molecule has 0 spiro atoms. The Morgan fingerprint density at radius 1 is 0.554 bits per heavy atom. The predicted octanol–water partition coefficient (Wildman–Crippen LogP) is -5.99. The van der Waals surface area contributed by atoms with E-state index in [1.54, 1.807) is 0 Å². The first kappa shape index (κ1) is 41.9. The number of phenols is 4. The number of aliphatic hydroxyl groups excluding tert-OH is 11. The van der Waals surface area contributed by atoms with E-state index in [1.807, 2.05) is 0 Å². The number of carbonyl (C=O) groups is 1. The number of benzene rings is 2. The van der Waals surface area contributed by atoms with Gasteiger partial charge in [-0.1, -0.05) is 0 Å². The van der Waals surface area contributed by atoms with Crippen molar-refractivity contribution in [2.45, 2.75) is 104 Å². The zero-order chi connectivity index (χ0) is 40.9. The van der Waals surface area contributed by atoms with Crippen molar-refractivity contribution in [3.63, 3.8) is 0 Å². The topological polar surface area (TPSA) is 385 Å². The maximum Gasteiger partial charge on any atom is 0.229 e. The first-order chi connectivity index (χ1) is 26.4. The summed E-state index contributed by atoms with van der Waals surface area (Å²) < 4.78 is 38.2. The van der Waals surface area contributed by atoms with Crippen LogP contribution >= 0.6 is 0 Å². The summed E-state index contributed by atoms with van der Waals surface area (Å²) in [7, 11) is 0. The predicted molar refractivity (Wildman–Crippen MR) is 173 cm³/mol. The van der Waals surface area contributed by atoms with Crippen molar-refractivity contribution in [3.8, 4) is 34.5 Å². The number of aliphatic hydroxyl groups is 11. The lowest BCUT2D eigenvalue weighted by atomic mass is 9.92. The van der Waals surface area contributed by atoms with E-state index in [2.05, 4.69) is 0 Å². The van der Waals surface area contributed by atoms with Gasteiger partial charge < -0.3 is 110 Å². The van der Waals surface area contributed by atoms with Gasteiger partial charge in [-0.05, 0) is 12.1 Å². The molecule has 23 heteroatoms. The summed E-state index contributed by atoms with van der Waals surface area (Å²) in [6, 6.07) is 3.67. The molecule has 3 saturated heterocycles. The Bertz CT molecular complexity index is 1690. The van der Waals surface area contributed by atoms with Gasteiger partial charge in [0.05, 0.1) is 19.8 Å². The molecule has 4 heterocycles. The van der Waals surface area contributed by atoms with Crippen LogP contribution in [0.4, 0.5) is 0 Å². The highest BCUT2D eigenvalue weighted by Gasteiger charge is 2.50. The highest BCUT2D eigenvalue weighted by atomic mass is 16.7. The van der Waals surface area contributed by atoms with Crippen molar-refractivity contribution in [2.24, 2.45) is 0 Å². The van der Waals surface area contributed by atoms with Gasteiger partial charge >= 0.3 is 0 Å². The molecule has 17 atom stereocenters. The molecule has 0 aliphatic carbocycles. The van der Waals surface area contributed by atoms with Gasteiger partial charge in [0.2, 0.25) is 17.8 Å². The number of carbonyl (C=O) groups excluding carboxylic acids is 1. The van der Waals surface area contributed by atoms with E-state index in [-0.39, 0.29) is 11.3 Å². The van der Waals surface area contributed by atoms with Gasteiger partial charge in [0, 0.05) is 17.7 Å². The lowest BCUT2D eigenvalue weighted by molar-refractivity contribution is -0.339. The van der Waals surface area contributed by atoms with Crippen LogP contribution in [0, 0.1) is 0 Å². The Labute approximate surface area is 314 Å². The molecule has 15 N–H and O–H groups in total. The number of aromatic hydroxyl groups is 4. The minimum absolute atomic E-state index is 0.191. The minimum atomic E-state index is -2.03. The normalized spacial score (nSPS) is 40.1. The molecule has 0 saturated carbocycles. The van der Waals surface area contributed by atoms with E-state index in [1.165, 1.54) is 0 Å². The Kier molecular flexibility index (Phi) is 12.4. The first-order valence-electron chi connectivity index (χ1n) is 17.0. The van der Waals surface area contributed by atoms with Gasteiger partial charge in [-0.3, -0.25) is 4.79 Å². The van der Waals surface area contributed by atoms with Crippen LogP contribution < -0.4 is 9.47 Å². The molecule has 0 amide bonds. The van der Waals surface area contributed by atoms with Gasteiger partial charge in [-0.25, -0.2) is 0 Å². The molecule has 4 aliphatic rings. The van der Waals surface area contributed by atoms with Crippen LogP contribution in [-0.4, -0.2) is 200 Å². The Morgan fingerprint density at radius 2 is 1.02 bits per heavy atom. The number of ether oxygens (including phenoxy) is 7. The molecule has 0 radical (unpaired) electrons. The average Bonchev–Trinajstić information content (AvgIpc) is 3.15. The molecular weight excluding hydrogens is 764 g/mol. The van der Waals surface area contributed by atoms with Crippen molar-refractivity contribution in [2.75, 3.05) is 19.8 Å². The van der Waals surface area contributed by atoms with Crippen LogP contribution in [0.3, 0.4) is 0 Å². The second-order valence-electron chi connectivity index (χ2n) is 13.6. The van der Waals surface area contributed by atoms with Gasteiger partial charge in [-0.15, -0.1) is 0 Å². The van der Waals surface area contributed by atoms with Crippen LogP contribution in [0.2, 0.25) is 0 Å². The molecular formula is C33H42O23. The molecule has 0 bridgehead atoms. The maximum atomic E-state index is 12.8. The average molecular weight is 807 g/mol. The van der Waals surface area contributed by atoms with Crippen LogP contribution in [-0.2, 0) is 23.7 Å². The van der Waals surface area contributed by atoms with Gasteiger partial charge in [0.15, 0.2) is 36.3 Å². The van der Waals surface area contributed by atoms with Gasteiger partial charge in [-0.2, -0.15) is 0 Å². The smallest absolute Gasteiger partial charge is 0.229 e. The molecule has 56 heavy (non-hydrogen) atoms. The summed E-state index contributed by atoms with van der Waals surface area (Å²) in [4.78, 5) is 12.8. The summed E-state index contributed by atoms with van der Waals surface area (Å²) in [5.74, 6) is -4.92. The van der Waals surface area contributed by atoms with Gasteiger partial charge in [0.25, 0.3) is 0 Å². The fraction of sp³-hybridized carbons (Fsp3) is 0.606. The largest absolute Gasteiger partial charge is 0.508 e.